The number of methoxy groups -OCH3 is 2. The number of ether oxygens (including phenoxy) is 2. The summed E-state index contributed by atoms with van der Waals surface area (Å²) in [5, 5.41) is 0. The van der Waals surface area contributed by atoms with Gasteiger partial charge in [-0.1, -0.05) is 12.1 Å². The number of hydrogen-bond acceptors (Lipinski definition) is 5. The van der Waals surface area contributed by atoms with Gasteiger partial charge in [0, 0.05) is 6.21 Å². The second-order valence-electron chi connectivity index (χ2n) is 4.84. The molecule has 0 saturated carbocycles. The number of dihydropyridines is 1. The number of aliphatic imine (C=N–C) groups is 1. The van der Waals surface area contributed by atoms with Crippen LogP contribution in [0.3, 0.4) is 0 Å². The lowest BCUT2D eigenvalue weighted by Gasteiger charge is -2.26. The van der Waals surface area contributed by atoms with Crippen LogP contribution in [0.2, 0.25) is 0 Å². The van der Waals surface area contributed by atoms with E-state index in [9.17, 15) is 9.59 Å². The SMILES string of the molecule is COC(=O)C1(C(=O)c2ccc(C)cc2OC)C=CC=NC1. The maximum absolute atomic E-state index is 12.9. The Hall–Kier alpha value is -2.43. The van der Waals surface area contributed by atoms with Crippen molar-refractivity contribution in [2.75, 3.05) is 20.8 Å². The molecule has 0 radical (unpaired) electrons. The molecule has 0 aromatic heterocycles. The van der Waals surface area contributed by atoms with E-state index in [-0.39, 0.29) is 12.3 Å². The molecule has 1 aromatic carbocycles. The molecule has 0 fully saturated rings. The zero-order valence-corrected chi connectivity index (χ0v) is 12.3. The Morgan fingerprint density at radius 2 is 2.05 bits per heavy atom. The Labute approximate surface area is 123 Å². The summed E-state index contributed by atoms with van der Waals surface area (Å²) in [6, 6.07) is 5.22. The van der Waals surface area contributed by atoms with E-state index in [1.807, 2.05) is 6.92 Å². The first-order valence-electron chi connectivity index (χ1n) is 6.50. The van der Waals surface area contributed by atoms with Crippen molar-refractivity contribution >= 4 is 18.0 Å². The van der Waals surface area contributed by atoms with Crippen LogP contribution >= 0.6 is 0 Å². The van der Waals surface area contributed by atoms with Gasteiger partial charge in [-0.05, 0) is 30.7 Å². The van der Waals surface area contributed by atoms with Crippen molar-refractivity contribution < 1.29 is 19.1 Å². The summed E-state index contributed by atoms with van der Waals surface area (Å²) in [5.41, 5.74) is -0.116. The number of esters is 1. The van der Waals surface area contributed by atoms with Crippen LogP contribution < -0.4 is 4.74 Å². The smallest absolute Gasteiger partial charge is 0.325 e. The number of ketones is 1. The molecule has 1 aliphatic heterocycles. The largest absolute Gasteiger partial charge is 0.496 e. The first kappa shape index (κ1) is 15.0. The fourth-order valence-electron chi connectivity index (χ4n) is 2.30. The summed E-state index contributed by atoms with van der Waals surface area (Å²) < 4.78 is 10.1. The number of rotatable bonds is 4. The molecule has 0 N–H and O–H groups in total. The predicted octanol–water partition coefficient (Wildman–Crippen LogP) is 1.99. The molecule has 1 atom stereocenters. The third kappa shape index (κ3) is 2.59. The molecule has 2 rings (SSSR count). The van der Waals surface area contributed by atoms with Gasteiger partial charge in [-0.3, -0.25) is 14.6 Å². The highest BCUT2D eigenvalue weighted by Gasteiger charge is 2.46. The maximum Gasteiger partial charge on any atom is 0.325 e. The third-order valence-electron chi connectivity index (χ3n) is 3.47. The second-order valence-corrected chi connectivity index (χ2v) is 4.84. The van der Waals surface area contributed by atoms with Crippen molar-refractivity contribution in [3.8, 4) is 5.75 Å². The number of allylic oxidation sites excluding steroid dienone is 1. The van der Waals surface area contributed by atoms with Gasteiger partial charge in [0.2, 0.25) is 0 Å². The molecule has 0 aliphatic carbocycles. The molecule has 0 bridgehead atoms. The number of carbonyl (C=O) groups excluding carboxylic acids is 2. The lowest BCUT2D eigenvalue weighted by Crippen LogP contribution is -2.42. The van der Waals surface area contributed by atoms with E-state index in [0.717, 1.165) is 5.56 Å². The average molecular weight is 287 g/mol. The quantitative estimate of drug-likeness (QED) is 0.482. The van der Waals surface area contributed by atoms with Crippen molar-refractivity contribution in [2.45, 2.75) is 6.92 Å². The number of nitrogens with zero attached hydrogens (tertiary/aromatic N) is 1. The molecule has 21 heavy (non-hydrogen) atoms. The average Bonchev–Trinajstić information content (AvgIpc) is 2.53. The fraction of sp³-hybridized carbons (Fsp3) is 0.312. The van der Waals surface area contributed by atoms with Crippen LogP contribution in [0.15, 0.2) is 35.3 Å². The Balaban J connectivity index is 2.52. The van der Waals surface area contributed by atoms with Gasteiger partial charge < -0.3 is 9.47 Å². The molecule has 0 amide bonds. The highest BCUT2D eigenvalue weighted by molar-refractivity contribution is 6.16. The van der Waals surface area contributed by atoms with Gasteiger partial charge in [0.15, 0.2) is 11.2 Å². The number of hydrogen-bond donors (Lipinski definition) is 0. The maximum atomic E-state index is 12.9. The molecule has 1 unspecified atom stereocenters. The summed E-state index contributed by atoms with van der Waals surface area (Å²) in [6.45, 7) is 1.93. The van der Waals surface area contributed by atoms with E-state index in [1.165, 1.54) is 20.3 Å². The normalized spacial score (nSPS) is 20.1. The van der Waals surface area contributed by atoms with Gasteiger partial charge in [0.05, 0.1) is 26.3 Å². The Bertz CT molecular complexity index is 633. The topological polar surface area (TPSA) is 65.0 Å². The summed E-state index contributed by atoms with van der Waals surface area (Å²) >= 11 is 0. The molecule has 0 spiro atoms. The molecule has 0 saturated heterocycles. The van der Waals surface area contributed by atoms with Crippen LogP contribution in [0.4, 0.5) is 0 Å². The number of aryl methyl sites for hydroxylation is 1. The zero-order valence-electron chi connectivity index (χ0n) is 12.3. The van der Waals surface area contributed by atoms with Crippen LogP contribution in [0, 0.1) is 12.3 Å². The van der Waals surface area contributed by atoms with Crippen LogP contribution in [0.1, 0.15) is 15.9 Å². The highest BCUT2D eigenvalue weighted by atomic mass is 16.5. The summed E-state index contributed by atoms with van der Waals surface area (Å²) in [5.74, 6) is -0.561. The first-order valence-corrected chi connectivity index (χ1v) is 6.50. The van der Waals surface area contributed by atoms with Gasteiger partial charge in [-0.2, -0.15) is 0 Å². The van der Waals surface area contributed by atoms with Crippen molar-refractivity contribution in [3.05, 3.63) is 41.5 Å². The summed E-state index contributed by atoms with van der Waals surface area (Å²) in [7, 11) is 2.75. The van der Waals surface area contributed by atoms with Crippen LogP contribution in [0.5, 0.6) is 5.75 Å². The number of Topliss-reactive ketones (excluding diaryl/α,β-unsaturated/α-hetero) is 1. The van der Waals surface area contributed by atoms with E-state index in [4.69, 9.17) is 9.47 Å². The van der Waals surface area contributed by atoms with Crippen LogP contribution in [-0.2, 0) is 9.53 Å². The zero-order chi connectivity index (χ0) is 15.5. The van der Waals surface area contributed by atoms with Crippen molar-refractivity contribution in [1.82, 2.24) is 0 Å². The molecule has 1 heterocycles. The molecule has 1 aromatic rings. The van der Waals surface area contributed by atoms with E-state index in [0.29, 0.717) is 11.3 Å². The second kappa shape index (κ2) is 5.91. The van der Waals surface area contributed by atoms with Crippen molar-refractivity contribution in [1.29, 1.82) is 0 Å². The lowest BCUT2D eigenvalue weighted by atomic mass is 9.78. The number of benzene rings is 1. The van der Waals surface area contributed by atoms with Crippen molar-refractivity contribution in [3.63, 3.8) is 0 Å². The predicted molar refractivity (Wildman–Crippen MR) is 79.0 cm³/mol. The molecular formula is C16H17NO4. The molecule has 110 valence electrons. The fourth-order valence-corrected chi connectivity index (χ4v) is 2.30. The monoisotopic (exact) mass is 287 g/mol. The van der Waals surface area contributed by atoms with Gasteiger partial charge >= 0.3 is 5.97 Å². The van der Waals surface area contributed by atoms with E-state index in [1.54, 1.807) is 30.5 Å². The summed E-state index contributed by atoms with van der Waals surface area (Å²) in [6.07, 6.45) is 4.67. The molecule has 1 aliphatic rings. The van der Waals surface area contributed by atoms with Crippen LogP contribution in [-0.4, -0.2) is 38.7 Å². The highest BCUT2D eigenvalue weighted by Crippen LogP contribution is 2.33. The van der Waals surface area contributed by atoms with Crippen LogP contribution in [0.25, 0.3) is 0 Å². The molecule has 5 nitrogen and oxygen atoms in total. The Morgan fingerprint density at radius 3 is 2.62 bits per heavy atom. The van der Waals surface area contributed by atoms with Crippen molar-refractivity contribution in [2.24, 2.45) is 10.4 Å². The Morgan fingerprint density at radius 1 is 1.29 bits per heavy atom. The van der Waals surface area contributed by atoms with Gasteiger partial charge in [-0.15, -0.1) is 0 Å². The van der Waals surface area contributed by atoms with E-state index in [2.05, 4.69) is 4.99 Å². The molecule has 5 heteroatoms. The van der Waals surface area contributed by atoms with Gasteiger partial charge in [-0.25, -0.2) is 0 Å². The first-order chi connectivity index (χ1) is 10.0. The molecular weight excluding hydrogens is 270 g/mol. The van der Waals surface area contributed by atoms with E-state index >= 15 is 0 Å². The minimum Gasteiger partial charge on any atom is -0.496 e. The summed E-state index contributed by atoms with van der Waals surface area (Å²) in [4.78, 5) is 29.1. The minimum absolute atomic E-state index is 0.0338. The Kier molecular flexibility index (Phi) is 4.21. The van der Waals surface area contributed by atoms with Gasteiger partial charge in [0.25, 0.3) is 0 Å². The number of carbonyl (C=O) groups is 2. The van der Waals surface area contributed by atoms with E-state index < -0.39 is 11.4 Å². The standard InChI is InChI=1S/C16H17NO4/c1-11-5-6-12(13(9-11)20-2)14(18)16(15(19)21-3)7-4-8-17-10-16/h4-9H,10H2,1-3H3. The third-order valence-corrected chi connectivity index (χ3v) is 3.47. The minimum atomic E-state index is -1.42. The van der Waals surface area contributed by atoms with Gasteiger partial charge in [0.1, 0.15) is 5.75 Å². The lowest BCUT2D eigenvalue weighted by molar-refractivity contribution is -0.146.